The van der Waals surface area contributed by atoms with Gasteiger partial charge in [0.1, 0.15) is 0 Å². The van der Waals surface area contributed by atoms with Gasteiger partial charge in [-0.25, -0.2) is 0 Å². The van der Waals surface area contributed by atoms with Crippen LogP contribution in [-0.2, 0) is 13.6 Å². The van der Waals surface area contributed by atoms with Crippen LogP contribution in [0, 0.1) is 6.92 Å². The Balaban J connectivity index is 1.98. The van der Waals surface area contributed by atoms with Crippen LogP contribution in [0.4, 0.5) is 5.69 Å². The third-order valence-corrected chi connectivity index (χ3v) is 3.69. The molecule has 1 unspecified atom stereocenters. The van der Waals surface area contributed by atoms with E-state index in [-0.39, 0.29) is 0 Å². The second kappa shape index (κ2) is 5.91. The van der Waals surface area contributed by atoms with Crippen LogP contribution in [0.15, 0.2) is 30.5 Å². The number of aromatic nitrogens is 2. The maximum Gasteiger partial charge on any atom is 0.0643 e. The van der Waals surface area contributed by atoms with E-state index in [9.17, 15) is 0 Å². The second-order valence-corrected chi connectivity index (χ2v) is 5.20. The normalized spacial score (nSPS) is 12.4. The average molecular weight is 257 g/mol. The number of anilines is 1. The Kier molecular flexibility index (Phi) is 4.25. The fraction of sp³-hybridized carbons (Fsp3) is 0.438. The first-order valence-corrected chi connectivity index (χ1v) is 6.93. The lowest BCUT2D eigenvalue weighted by Crippen LogP contribution is -2.00. The molecule has 2 rings (SSSR count). The van der Waals surface area contributed by atoms with Crippen molar-refractivity contribution in [2.75, 3.05) is 5.32 Å². The summed E-state index contributed by atoms with van der Waals surface area (Å²) in [7, 11) is 1.96. The number of nitrogens with zero attached hydrogens (tertiary/aromatic N) is 2. The summed E-state index contributed by atoms with van der Waals surface area (Å²) < 4.78 is 1.86. The van der Waals surface area contributed by atoms with Gasteiger partial charge in [-0.05, 0) is 37.0 Å². The summed E-state index contributed by atoms with van der Waals surface area (Å²) in [5, 5.41) is 7.79. The lowest BCUT2D eigenvalue weighted by Gasteiger charge is -2.11. The van der Waals surface area contributed by atoms with Gasteiger partial charge in [0, 0.05) is 31.0 Å². The zero-order valence-corrected chi connectivity index (χ0v) is 12.3. The molecule has 0 radical (unpaired) electrons. The summed E-state index contributed by atoms with van der Waals surface area (Å²) >= 11 is 0. The minimum atomic E-state index is 0.634. The second-order valence-electron chi connectivity index (χ2n) is 5.20. The quantitative estimate of drug-likeness (QED) is 0.881. The molecule has 0 bridgehead atoms. The number of benzene rings is 1. The smallest absolute Gasteiger partial charge is 0.0643 e. The molecule has 1 aromatic carbocycles. The van der Waals surface area contributed by atoms with Crippen molar-refractivity contribution in [2.45, 2.75) is 39.7 Å². The molecular weight excluding hydrogens is 234 g/mol. The van der Waals surface area contributed by atoms with Gasteiger partial charge >= 0.3 is 0 Å². The van der Waals surface area contributed by atoms with E-state index < -0.39 is 0 Å². The maximum absolute atomic E-state index is 4.35. The van der Waals surface area contributed by atoms with Crippen molar-refractivity contribution in [3.05, 3.63) is 47.3 Å². The predicted octanol–water partition coefficient (Wildman–Crippen LogP) is 3.85. The van der Waals surface area contributed by atoms with Crippen LogP contribution in [-0.4, -0.2) is 9.78 Å². The van der Waals surface area contributed by atoms with Crippen LogP contribution >= 0.6 is 0 Å². The highest BCUT2D eigenvalue weighted by Crippen LogP contribution is 2.20. The van der Waals surface area contributed by atoms with Crippen molar-refractivity contribution in [3.63, 3.8) is 0 Å². The summed E-state index contributed by atoms with van der Waals surface area (Å²) in [5.41, 5.74) is 4.90. The van der Waals surface area contributed by atoms with Crippen LogP contribution in [0.3, 0.4) is 0 Å². The predicted molar refractivity (Wildman–Crippen MR) is 80.4 cm³/mol. The first kappa shape index (κ1) is 13.7. The Morgan fingerprint density at radius 3 is 2.47 bits per heavy atom. The largest absolute Gasteiger partial charge is 0.381 e. The molecule has 1 atom stereocenters. The van der Waals surface area contributed by atoms with Gasteiger partial charge in [0.2, 0.25) is 0 Å². The van der Waals surface area contributed by atoms with Crippen molar-refractivity contribution in [2.24, 2.45) is 7.05 Å². The fourth-order valence-corrected chi connectivity index (χ4v) is 2.18. The number of hydrogen-bond acceptors (Lipinski definition) is 2. The number of hydrogen-bond donors (Lipinski definition) is 1. The fourth-order valence-electron chi connectivity index (χ4n) is 2.18. The van der Waals surface area contributed by atoms with Gasteiger partial charge in [-0.3, -0.25) is 4.68 Å². The molecule has 0 aliphatic heterocycles. The molecule has 3 heteroatoms. The topological polar surface area (TPSA) is 29.9 Å². The SMILES string of the molecule is CCC(C)c1ccc(NCc2cn(C)nc2C)cc1. The van der Waals surface area contributed by atoms with Crippen molar-refractivity contribution in [1.82, 2.24) is 9.78 Å². The molecule has 0 amide bonds. The Morgan fingerprint density at radius 2 is 1.95 bits per heavy atom. The number of rotatable bonds is 5. The van der Waals surface area contributed by atoms with Crippen molar-refractivity contribution < 1.29 is 0 Å². The van der Waals surface area contributed by atoms with Crippen LogP contribution in [0.25, 0.3) is 0 Å². The maximum atomic E-state index is 4.35. The molecule has 102 valence electrons. The van der Waals surface area contributed by atoms with Gasteiger partial charge in [0.25, 0.3) is 0 Å². The molecule has 0 saturated carbocycles. The van der Waals surface area contributed by atoms with Crippen molar-refractivity contribution >= 4 is 5.69 Å². The van der Waals surface area contributed by atoms with Gasteiger partial charge in [-0.2, -0.15) is 5.10 Å². The monoisotopic (exact) mass is 257 g/mol. The summed E-state index contributed by atoms with van der Waals surface area (Å²) in [5.74, 6) is 0.634. The Hall–Kier alpha value is -1.77. The molecule has 3 nitrogen and oxygen atoms in total. The van der Waals surface area contributed by atoms with Gasteiger partial charge < -0.3 is 5.32 Å². The Morgan fingerprint density at radius 1 is 1.26 bits per heavy atom. The van der Waals surface area contributed by atoms with Crippen LogP contribution in [0.2, 0.25) is 0 Å². The van der Waals surface area contributed by atoms with Gasteiger partial charge in [-0.1, -0.05) is 26.0 Å². The van der Waals surface area contributed by atoms with E-state index in [0.717, 1.165) is 17.9 Å². The Bertz CT molecular complexity index is 525. The summed E-state index contributed by atoms with van der Waals surface area (Å²) in [6, 6.07) is 8.75. The van der Waals surface area contributed by atoms with E-state index in [4.69, 9.17) is 0 Å². The number of aryl methyl sites for hydroxylation is 2. The highest BCUT2D eigenvalue weighted by atomic mass is 15.2. The molecular formula is C16H23N3. The summed E-state index contributed by atoms with van der Waals surface area (Å²) in [4.78, 5) is 0. The van der Waals surface area contributed by atoms with Crippen LogP contribution in [0.5, 0.6) is 0 Å². The van der Waals surface area contributed by atoms with Crippen LogP contribution < -0.4 is 5.32 Å². The first-order valence-electron chi connectivity index (χ1n) is 6.93. The molecule has 0 aliphatic rings. The summed E-state index contributed by atoms with van der Waals surface area (Å²) in [6.45, 7) is 7.36. The molecule has 2 aromatic rings. The van der Waals surface area contributed by atoms with Crippen molar-refractivity contribution in [1.29, 1.82) is 0 Å². The number of nitrogens with one attached hydrogen (secondary N) is 1. The van der Waals surface area contributed by atoms with Gasteiger partial charge in [0.15, 0.2) is 0 Å². The molecule has 1 heterocycles. The highest BCUT2D eigenvalue weighted by molar-refractivity contribution is 5.45. The third-order valence-electron chi connectivity index (χ3n) is 3.69. The molecule has 0 saturated heterocycles. The highest BCUT2D eigenvalue weighted by Gasteiger charge is 2.04. The van der Waals surface area contributed by atoms with E-state index in [1.807, 2.05) is 18.7 Å². The molecule has 1 aromatic heterocycles. The van der Waals surface area contributed by atoms with Gasteiger partial charge in [-0.15, -0.1) is 0 Å². The van der Waals surface area contributed by atoms with Crippen molar-refractivity contribution in [3.8, 4) is 0 Å². The minimum Gasteiger partial charge on any atom is -0.381 e. The molecule has 0 fully saturated rings. The minimum absolute atomic E-state index is 0.634. The van der Waals surface area contributed by atoms with Crippen LogP contribution in [0.1, 0.15) is 43.0 Å². The lowest BCUT2D eigenvalue weighted by molar-refractivity contribution is 0.734. The molecule has 1 N–H and O–H groups in total. The van der Waals surface area contributed by atoms with E-state index in [0.29, 0.717) is 5.92 Å². The average Bonchev–Trinajstić information content (AvgIpc) is 2.74. The zero-order valence-electron chi connectivity index (χ0n) is 12.3. The zero-order chi connectivity index (χ0) is 13.8. The first-order chi connectivity index (χ1) is 9.10. The van der Waals surface area contributed by atoms with E-state index in [1.165, 1.54) is 17.5 Å². The third kappa shape index (κ3) is 3.37. The van der Waals surface area contributed by atoms with E-state index >= 15 is 0 Å². The molecule has 19 heavy (non-hydrogen) atoms. The van der Waals surface area contributed by atoms with Gasteiger partial charge in [0.05, 0.1) is 5.69 Å². The van der Waals surface area contributed by atoms with E-state index in [2.05, 4.69) is 54.7 Å². The molecule has 0 spiro atoms. The molecule has 0 aliphatic carbocycles. The lowest BCUT2D eigenvalue weighted by atomic mass is 9.99. The Labute approximate surface area is 115 Å². The standard InChI is InChI=1S/C16H23N3/c1-5-12(2)14-6-8-16(9-7-14)17-10-15-11-19(4)18-13(15)3/h6-9,11-12,17H,5,10H2,1-4H3. The van der Waals surface area contributed by atoms with E-state index in [1.54, 1.807) is 0 Å². The summed E-state index contributed by atoms with van der Waals surface area (Å²) in [6.07, 6.45) is 3.25.